The van der Waals surface area contributed by atoms with E-state index in [4.69, 9.17) is 5.84 Å². The third-order valence-corrected chi connectivity index (χ3v) is 5.87. The lowest BCUT2D eigenvalue weighted by Gasteiger charge is -2.45. The molecular formula is C15H20BrN6O+. The Labute approximate surface area is 143 Å². The number of allylic oxidation sites excluding steroid dienone is 1. The second-order valence-corrected chi connectivity index (χ2v) is 7.39. The standard InChI is InChI=1S/C15H20BrN6O/c1-20-8-11-3-2-10(7-21(11)13(23)9-20)14-12-6-18-4-5-22(12,17)15(16)19-14/h4-6,10-11H,2-3,7-9,17H2,1H3/q+1/t10-,11+,22?/m1/s1. The van der Waals surface area contributed by atoms with Crippen molar-refractivity contribution < 1.29 is 9.39 Å². The van der Waals surface area contributed by atoms with Crippen LogP contribution >= 0.6 is 15.9 Å². The molecular weight excluding hydrogens is 360 g/mol. The van der Waals surface area contributed by atoms with Crippen LogP contribution in [0.25, 0.3) is 0 Å². The maximum absolute atomic E-state index is 12.4. The Morgan fingerprint density at radius 1 is 1.39 bits per heavy atom. The van der Waals surface area contributed by atoms with Gasteiger partial charge >= 0.3 is 4.74 Å². The molecule has 4 rings (SSSR count). The van der Waals surface area contributed by atoms with E-state index in [1.165, 1.54) is 0 Å². The number of carbonyl (C=O) groups excluding carboxylic acids is 1. The van der Waals surface area contributed by atoms with Gasteiger partial charge in [0.25, 0.3) is 0 Å². The van der Waals surface area contributed by atoms with E-state index in [9.17, 15) is 4.79 Å². The fourth-order valence-electron chi connectivity index (χ4n) is 3.88. The Morgan fingerprint density at radius 3 is 3.04 bits per heavy atom. The van der Waals surface area contributed by atoms with Gasteiger partial charge in [-0.3, -0.25) is 14.7 Å². The van der Waals surface area contributed by atoms with E-state index in [1.54, 1.807) is 12.4 Å². The Morgan fingerprint density at radius 2 is 2.22 bits per heavy atom. The Kier molecular flexibility index (Phi) is 3.53. The average molecular weight is 380 g/mol. The van der Waals surface area contributed by atoms with Crippen LogP contribution in [-0.4, -0.2) is 64.0 Å². The van der Waals surface area contributed by atoms with Crippen LogP contribution in [0.1, 0.15) is 12.8 Å². The SMILES string of the molecule is CN1CC(=O)N2C[C@H](C3=C4C=NC=C[N+]4(N)C(Br)=N3)CC[C@H]2C1. The number of aliphatic imine (C=N–C) groups is 2. The Balaban J connectivity index is 1.63. The van der Waals surface area contributed by atoms with E-state index in [2.05, 4.69) is 30.8 Å². The van der Waals surface area contributed by atoms with Crippen LogP contribution in [0.4, 0.5) is 0 Å². The van der Waals surface area contributed by atoms with Crippen molar-refractivity contribution in [2.75, 3.05) is 26.7 Å². The minimum atomic E-state index is 0.0371. The van der Waals surface area contributed by atoms with Gasteiger partial charge in [0.2, 0.25) is 11.6 Å². The fourth-order valence-corrected chi connectivity index (χ4v) is 4.38. The predicted molar refractivity (Wildman–Crippen MR) is 91.2 cm³/mol. The number of halogens is 1. The van der Waals surface area contributed by atoms with Crippen molar-refractivity contribution in [1.29, 1.82) is 0 Å². The van der Waals surface area contributed by atoms with Gasteiger partial charge in [0.05, 0.1) is 19.0 Å². The zero-order chi connectivity index (χ0) is 16.2. The summed E-state index contributed by atoms with van der Waals surface area (Å²) in [5.41, 5.74) is 1.85. The molecule has 0 aliphatic carbocycles. The molecule has 4 aliphatic rings. The molecule has 0 bridgehead atoms. The summed E-state index contributed by atoms with van der Waals surface area (Å²) in [5, 5.41) is 0. The molecule has 0 radical (unpaired) electrons. The number of carbonyl (C=O) groups is 1. The molecule has 3 atom stereocenters. The highest BCUT2D eigenvalue weighted by Gasteiger charge is 2.46. The zero-order valence-corrected chi connectivity index (χ0v) is 14.6. The van der Waals surface area contributed by atoms with Gasteiger partial charge in [-0.05, 0) is 19.9 Å². The first kappa shape index (κ1) is 15.2. The molecule has 2 N–H and O–H groups in total. The van der Waals surface area contributed by atoms with Crippen LogP contribution in [0, 0.1) is 5.92 Å². The monoisotopic (exact) mass is 379 g/mol. The molecule has 4 heterocycles. The third kappa shape index (κ3) is 2.32. The van der Waals surface area contributed by atoms with E-state index in [-0.39, 0.29) is 16.4 Å². The van der Waals surface area contributed by atoms with Gasteiger partial charge in [0.1, 0.15) is 11.9 Å². The predicted octanol–water partition coefficient (Wildman–Crippen LogP) is 0.761. The number of fused-ring (bicyclic) bond motifs is 2. The summed E-state index contributed by atoms with van der Waals surface area (Å²) >= 11 is 3.49. The molecule has 122 valence electrons. The average Bonchev–Trinajstić information content (AvgIpc) is 2.79. The van der Waals surface area contributed by atoms with E-state index in [1.807, 2.05) is 18.1 Å². The number of piperidine rings is 1. The quantitative estimate of drug-likeness (QED) is 0.415. The summed E-state index contributed by atoms with van der Waals surface area (Å²) in [6, 6.07) is 0.328. The molecule has 0 aromatic rings. The van der Waals surface area contributed by atoms with Crippen molar-refractivity contribution in [3.63, 3.8) is 0 Å². The van der Waals surface area contributed by atoms with Crippen molar-refractivity contribution in [3.8, 4) is 0 Å². The lowest BCUT2D eigenvalue weighted by Crippen LogP contribution is -2.58. The summed E-state index contributed by atoms with van der Waals surface area (Å²) in [6.07, 6.45) is 7.29. The molecule has 0 saturated carbocycles. The summed E-state index contributed by atoms with van der Waals surface area (Å²) in [7, 11) is 2.01. The lowest BCUT2D eigenvalue weighted by molar-refractivity contribution is -0.746. The van der Waals surface area contributed by atoms with Crippen LogP contribution < -0.4 is 5.84 Å². The molecule has 7 nitrogen and oxygen atoms in total. The smallest absolute Gasteiger partial charge is 0.301 e. The Bertz CT molecular complexity index is 683. The summed E-state index contributed by atoms with van der Waals surface area (Å²) in [6.45, 7) is 2.18. The number of hydrogen-bond donors (Lipinski definition) is 1. The minimum Gasteiger partial charge on any atom is -0.337 e. The van der Waals surface area contributed by atoms with Gasteiger partial charge in [0, 0.05) is 41.0 Å². The second-order valence-electron chi connectivity index (χ2n) is 6.68. The first-order valence-electron chi connectivity index (χ1n) is 7.85. The van der Waals surface area contributed by atoms with Crippen molar-refractivity contribution in [3.05, 3.63) is 23.8 Å². The number of quaternary nitrogens is 1. The van der Waals surface area contributed by atoms with E-state index >= 15 is 0 Å². The van der Waals surface area contributed by atoms with Crippen LogP contribution in [0.3, 0.4) is 0 Å². The first-order valence-corrected chi connectivity index (χ1v) is 8.64. The fraction of sp³-hybridized carbons (Fsp3) is 0.533. The number of hydrogen-bond acceptors (Lipinski definition) is 5. The maximum atomic E-state index is 12.4. The van der Waals surface area contributed by atoms with Crippen molar-refractivity contribution >= 4 is 32.8 Å². The van der Waals surface area contributed by atoms with Crippen molar-refractivity contribution in [1.82, 2.24) is 9.80 Å². The summed E-state index contributed by atoms with van der Waals surface area (Å²) in [5.74, 6) is 6.84. The van der Waals surface area contributed by atoms with Gasteiger partial charge in [-0.25, -0.2) is 0 Å². The summed E-state index contributed by atoms with van der Waals surface area (Å²) in [4.78, 5) is 25.4. The normalized spacial score (nSPS) is 37.1. The minimum absolute atomic E-state index is 0.0371. The van der Waals surface area contributed by atoms with Crippen LogP contribution in [-0.2, 0) is 4.79 Å². The summed E-state index contributed by atoms with van der Waals surface area (Å²) < 4.78 is 0.701. The molecule has 23 heavy (non-hydrogen) atoms. The topological polar surface area (TPSA) is 74.3 Å². The molecule has 0 aromatic heterocycles. The maximum Gasteiger partial charge on any atom is 0.301 e. The highest BCUT2D eigenvalue weighted by Crippen LogP contribution is 2.38. The van der Waals surface area contributed by atoms with Gasteiger partial charge in [-0.15, -0.1) is 4.59 Å². The number of likely N-dealkylation sites (N-methyl/N-ethyl adjacent to an activating group) is 1. The Hall–Kier alpha value is -1.35. The van der Waals surface area contributed by atoms with E-state index in [0.29, 0.717) is 17.3 Å². The number of piperazine rings is 1. The molecule has 0 aromatic carbocycles. The first-order chi connectivity index (χ1) is 11.0. The van der Waals surface area contributed by atoms with Crippen molar-refractivity contribution in [2.24, 2.45) is 21.7 Å². The van der Waals surface area contributed by atoms with Gasteiger partial charge in [-0.1, -0.05) is 0 Å². The van der Waals surface area contributed by atoms with E-state index in [0.717, 1.165) is 37.3 Å². The second kappa shape index (κ2) is 5.34. The van der Waals surface area contributed by atoms with Gasteiger partial charge in [-0.2, -0.15) is 10.8 Å². The van der Waals surface area contributed by atoms with Crippen LogP contribution in [0.5, 0.6) is 0 Å². The number of nitrogens with zero attached hydrogens (tertiary/aromatic N) is 5. The number of nitrogens with two attached hydrogens (primary N) is 1. The molecule has 1 amide bonds. The molecule has 1 unspecified atom stereocenters. The molecule has 2 saturated heterocycles. The lowest BCUT2D eigenvalue weighted by atomic mass is 9.88. The highest BCUT2D eigenvalue weighted by molar-refractivity contribution is 9.18. The molecule has 8 heteroatoms. The molecule has 2 fully saturated rings. The van der Waals surface area contributed by atoms with Crippen LogP contribution in [0.2, 0.25) is 0 Å². The molecule has 0 spiro atoms. The van der Waals surface area contributed by atoms with Crippen LogP contribution in [0.15, 0.2) is 33.8 Å². The largest absolute Gasteiger partial charge is 0.337 e. The van der Waals surface area contributed by atoms with Gasteiger partial charge < -0.3 is 4.90 Å². The number of amidine groups is 1. The number of rotatable bonds is 1. The third-order valence-electron chi connectivity index (χ3n) is 5.10. The van der Waals surface area contributed by atoms with Crippen molar-refractivity contribution in [2.45, 2.75) is 18.9 Å². The van der Waals surface area contributed by atoms with E-state index < -0.39 is 0 Å². The highest BCUT2D eigenvalue weighted by atomic mass is 79.9. The molecule has 4 aliphatic heterocycles. The number of amides is 1. The van der Waals surface area contributed by atoms with Gasteiger partial charge in [0.15, 0.2) is 0 Å². The zero-order valence-electron chi connectivity index (χ0n) is 13.0.